The molecule has 2 aromatic rings. The Kier molecular flexibility index (Phi) is 23.1. The second kappa shape index (κ2) is 23.9. The largest absolute Gasteiger partial charge is 0.461 e. The number of hydrogen-bond acceptors (Lipinski definition) is 10. The van der Waals surface area contributed by atoms with E-state index < -0.39 is 17.2 Å². The molecule has 0 unspecified atom stereocenters. The Labute approximate surface area is 228 Å². The molecule has 38 heavy (non-hydrogen) atoms. The zero-order valence-corrected chi connectivity index (χ0v) is 22.9. The van der Waals surface area contributed by atoms with Gasteiger partial charge in [0.2, 0.25) is 5.24 Å². The van der Waals surface area contributed by atoms with Crippen molar-refractivity contribution in [3.8, 4) is 0 Å². The standard InChI is InChI=1S/C12H12O5.C6H15N.C6H8O3.C3H3ClO/c1-3-11(13)15-7-9-5-6-10(17-9)8-16-12(14)4-2;1-4-7(5-2)6-3;7-3-5-1-2-6(4-8)9-5;1-2-3(4)5/h3-6H,1-2,7-8H2;4-6H2,1-3H3;1-2,7-8H,3-4H2;2H,1H2. The first-order chi connectivity index (χ1) is 18.1. The predicted molar refractivity (Wildman–Crippen MR) is 144 cm³/mol. The summed E-state index contributed by atoms with van der Waals surface area (Å²) in [7, 11) is 0. The highest BCUT2D eigenvalue weighted by atomic mass is 35.5. The SMILES string of the molecule is C=CC(=O)Cl.C=CC(=O)OCc1ccc(COC(=O)C=C)o1.CCN(CC)CC.OCc1ccc(CO)o1. The monoisotopic (exact) mass is 555 g/mol. The summed E-state index contributed by atoms with van der Waals surface area (Å²) in [5.41, 5.74) is 0. The van der Waals surface area contributed by atoms with Crippen molar-refractivity contribution in [2.24, 2.45) is 0 Å². The molecule has 2 heterocycles. The van der Waals surface area contributed by atoms with E-state index in [4.69, 9.17) is 40.1 Å². The number of aliphatic hydroxyl groups is 2. The Morgan fingerprint density at radius 1 is 0.763 bits per heavy atom. The Morgan fingerprint density at radius 3 is 1.29 bits per heavy atom. The van der Waals surface area contributed by atoms with Gasteiger partial charge < -0.3 is 33.4 Å². The van der Waals surface area contributed by atoms with E-state index in [0.717, 1.165) is 18.2 Å². The van der Waals surface area contributed by atoms with Gasteiger partial charge in [0.25, 0.3) is 0 Å². The lowest BCUT2D eigenvalue weighted by atomic mass is 10.4. The maximum absolute atomic E-state index is 10.8. The van der Waals surface area contributed by atoms with E-state index in [0.29, 0.717) is 23.0 Å². The van der Waals surface area contributed by atoms with Crippen molar-refractivity contribution in [3.05, 3.63) is 85.3 Å². The molecule has 0 saturated heterocycles. The molecular formula is C27H38ClNO9. The molecule has 10 nitrogen and oxygen atoms in total. The van der Waals surface area contributed by atoms with Crippen LogP contribution < -0.4 is 0 Å². The molecule has 0 aliphatic heterocycles. The summed E-state index contributed by atoms with van der Waals surface area (Å²) in [5.74, 6) is 0.842. The second-order valence-corrected chi connectivity index (χ2v) is 7.18. The van der Waals surface area contributed by atoms with E-state index >= 15 is 0 Å². The molecule has 0 amide bonds. The van der Waals surface area contributed by atoms with E-state index in [2.05, 4.69) is 45.4 Å². The first kappa shape index (κ1) is 36.7. The van der Waals surface area contributed by atoms with Gasteiger partial charge in [-0.25, -0.2) is 9.59 Å². The molecule has 0 aromatic carbocycles. The molecule has 212 valence electrons. The first-order valence-electron chi connectivity index (χ1n) is 11.6. The molecule has 2 N–H and O–H groups in total. The fourth-order valence-electron chi connectivity index (χ4n) is 2.24. The molecule has 0 radical (unpaired) electrons. The number of carbonyl (C=O) groups excluding carboxylic acids is 3. The van der Waals surface area contributed by atoms with Crippen molar-refractivity contribution in [1.82, 2.24) is 4.90 Å². The van der Waals surface area contributed by atoms with Crippen LogP contribution in [0.1, 0.15) is 43.8 Å². The molecule has 0 aliphatic carbocycles. The lowest BCUT2D eigenvalue weighted by Gasteiger charge is -2.13. The minimum Gasteiger partial charge on any atom is -0.461 e. The number of hydrogen-bond donors (Lipinski definition) is 2. The Balaban J connectivity index is 0. The number of esters is 2. The Bertz CT molecular complexity index is 899. The van der Waals surface area contributed by atoms with Crippen LogP contribution in [-0.2, 0) is 50.3 Å². The van der Waals surface area contributed by atoms with Crippen LogP contribution in [0.5, 0.6) is 0 Å². The zero-order chi connectivity index (χ0) is 29.3. The lowest BCUT2D eigenvalue weighted by molar-refractivity contribution is -0.139. The van der Waals surface area contributed by atoms with E-state index in [9.17, 15) is 14.4 Å². The topological polar surface area (TPSA) is 140 Å². The van der Waals surface area contributed by atoms with Gasteiger partial charge in [-0.3, -0.25) is 4.79 Å². The zero-order valence-electron chi connectivity index (χ0n) is 22.2. The van der Waals surface area contributed by atoms with Crippen LogP contribution in [0.2, 0.25) is 0 Å². The third kappa shape index (κ3) is 19.7. The summed E-state index contributed by atoms with van der Waals surface area (Å²) in [6.07, 6.45) is 3.17. The van der Waals surface area contributed by atoms with Crippen molar-refractivity contribution < 1.29 is 42.9 Å². The van der Waals surface area contributed by atoms with Crippen LogP contribution in [-0.4, -0.2) is 51.9 Å². The first-order valence-corrected chi connectivity index (χ1v) is 12.0. The number of halogens is 1. The average molecular weight is 556 g/mol. The van der Waals surface area contributed by atoms with Gasteiger partial charge in [-0.2, -0.15) is 0 Å². The van der Waals surface area contributed by atoms with Gasteiger partial charge in [0.05, 0.1) is 0 Å². The minimum atomic E-state index is -0.527. The molecular weight excluding hydrogens is 518 g/mol. The maximum atomic E-state index is 10.8. The van der Waals surface area contributed by atoms with Crippen LogP contribution in [0.15, 0.2) is 71.1 Å². The van der Waals surface area contributed by atoms with Crippen LogP contribution in [0.25, 0.3) is 0 Å². The highest BCUT2D eigenvalue weighted by Gasteiger charge is 2.06. The van der Waals surface area contributed by atoms with Crippen molar-refractivity contribution >= 4 is 28.8 Å². The third-order valence-corrected chi connectivity index (χ3v) is 4.45. The van der Waals surface area contributed by atoms with Gasteiger partial charge in [0.1, 0.15) is 49.5 Å². The van der Waals surface area contributed by atoms with Gasteiger partial charge >= 0.3 is 11.9 Å². The summed E-state index contributed by atoms with van der Waals surface area (Å²) in [6.45, 7) is 19.5. The van der Waals surface area contributed by atoms with Crippen molar-refractivity contribution in [3.63, 3.8) is 0 Å². The fraction of sp³-hybridized carbons (Fsp3) is 0.370. The molecule has 11 heteroatoms. The third-order valence-electron chi connectivity index (χ3n) is 4.30. The summed E-state index contributed by atoms with van der Waals surface area (Å²) in [4.78, 5) is 33.4. The smallest absolute Gasteiger partial charge is 0.330 e. The molecule has 0 spiro atoms. The highest BCUT2D eigenvalue weighted by molar-refractivity contribution is 6.66. The molecule has 0 saturated carbocycles. The number of rotatable bonds is 12. The fourth-order valence-corrected chi connectivity index (χ4v) is 2.24. The van der Waals surface area contributed by atoms with Crippen molar-refractivity contribution in [1.29, 1.82) is 0 Å². The van der Waals surface area contributed by atoms with Crippen molar-refractivity contribution in [2.45, 2.75) is 47.2 Å². The molecule has 0 aliphatic rings. The molecule has 0 bridgehead atoms. The summed E-state index contributed by atoms with van der Waals surface area (Å²) < 4.78 is 19.7. The lowest BCUT2D eigenvalue weighted by Crippen LogP contribution is -2.21. The van der Waals surface area contributed by atoms with Gasteiger partial charge in [-0.05, 0) is 61.6 Å². The summed E-state index contributed by atoms with van der Waals surface area (Å²) in [6, 6.07) is 6.53. The van der Waals surface area contributed by atoms with Crippen molar-refractivity contribution in [2.75, 3.05) is 19.6 Å². The van der Waals surface area contributed by atoms with Crippen LogP contribution >= 0.6 is 11.6 Å². The quantitative estimate of drug-likeness (QED) is 0.221. The number of nitrogens with zero attached hydrogens (tertiary/aromatic N) is 1. The summed E-state index contributed by atoms with van der Waals surface area (Å²) in [5, 5.41) is 16.4. The van der Waals surface area contributed by atoms with E-state index in [1.165, 1.54) is 19.6 Å². The van der Waals surface area contributed by atoms with Gasteiger partial charge in [-0.15, -0.1) is 0 Å². The van der Waals surface area contributed by atoms with Crippen LogP contribution in [0.3, 0.4) is 0 Å². The molecule has 0 fully saturated rings. The highest BCUT2D eigenvalue weighted by Crippen LogP contribution is 2.10. The van der Waals surface area contributed by atoms with E-state index in [1.807, 2.05) is 0 Å². The van der Waals surface area contributed by atoms with E-state index in [1.54, 1.807) is 24.3 Å². The normalized spacial score (nSPS) is 9.34. The second-order valence-electron chi connectivity index (χ2n) is 6.80. The average Bonchev–Trinajstić information content (AvgIpc) is 3.61. The summed E-state index contributed by atoms with van der Waals surface area (Å²) >= 11 is 4.71. The van der Waals surface area contributed by atoms with E-state index in [-0.39, 0.29) is 26.4 Å². The van der Waals surface area contributed by atoms with Crippen LogP contribution in [0.4, 0.5) is 0 Å². The molecule has 0 atom stereocenters. The van der Waals surface area contributed by atoms with Gasteiger partial charge in [0, 0.05) is 12.2 Å². The number of ether oxygens (including phenoxy) is 2. The predicted octanol–water partition coefficient (Wildman–Crippen LogP) is 4.29. The number of carbonyl (C=O) groups is 3. The Morgan fingerprint density at radius 2 is 1.08 bits per heavy atom. The Hall–Kier alpha value is -3.44. The molecule has 2 rings (SSSR count). The number of furan rings is 2. The van der Waals surface area contributed by atoms with Gasteiger partial charge in [0.15, 0.2) is 0 Å². The molecule has 2 aromatic heterocycles. The van der Waals surface area contributed by atoms with Gasteiger partial charge in [-0.1, -0.05) is 40.5 Å². The maximum Gasteiger partial charge on any atom is 0.330 e. The number of aliphatic hydroxyl groups excluding tert-OH is 2. The van der Waals surface area contributed by atoms with Crippen LogP contribution in [0, 0.1) is 0 Å². The minimum absolute atomic E-state index is 0.0141. The number of allylic oxidation sites excluding steroid dienone is 1.